The van der Waals surface area contributed by atoms with Gasteiger partial charge in [-0.3, -0.25) is 0 Å². The minimum atomic E-state index is -4.84. The van der Waals surface area contributed by atoms with Crippen LogP contribution in [0.25, 0.3) is 0 Å². The maximum absolute atomic E-state index is 12.7. The molecule has 1 aromatic heterocycles. The molecule has 3 N–H and O–H groups in total. The lowest BCUT2D eigenvalue weighted by Crippen LogP contribution is -2.62. The Morgan fingerprint density at radius 3 is 2.43 bits per heavy atom. The SMILES string of the molecule is COC(OC)[C@]1(C)Oc2ccc(N)cc2[C@@H](N(Cc2nnn(C)n2)c2ccc(OC(F)(F)F)cc2)[C@@H]1O. The van der Waals surface area contributed by atoms with E-state index < -0.39 is 36.1 Å². The van der Waals surface area contributed by atoms with Gasteiger partial charge in [-0.1, -0.05) is 0 Å². The second kappa shape index (κ2) is 10.0. The van der Waals surface area contributed by atoms with Crippen molar-refractivity contribution in [2.45, 2.75) is 43.9 Å². The Balaban J connectivity index is 1.85. The van der Waals surface area contributed by atoms with E-state index in [0.717, 1.165) is 0 Å². The Hall–Kier alpha value is -3.62. The highest BCUT2D eigenvalue weighted by Crippen LogP contribution is 2.47. The number of rotatable bonds is 8. The van der Waals surface area contributed by atoms with Crippen molar-refractivity contribution in [2.24, 2.45) is 7.05 Å². The zero-order valence-electron chi connectivity index (χ0n) is 20.5. The third kappa shape index (κ3) is 5.40. The van der Waals surface area contributed by atoms with Crippen LogP contribution in [0.2, 0.25) is 0 Å². The molecule has 3 aromatic rings. The van der Waals surface area contributed by atoms with Gasteiger partial charge < -0.3 is 34.7 Å². The molecule has 14 heteroatoms. The number of aryl methyl sites for hydroxylation is 1. The van der Waals surface area contributed by atoms with Crippen LogP contribution in [0.4, 0.5) is 24.5 Å². The smallest absolute Gasteiger partial charge is 0.479 e. The summed E-state index contributed by atoms with van der Waals surface area (Å²) < 4.78 is 59.3. The summed E-state index contributed by atoms with van der Waals surface area (Å²) in [7, 11) is 4.44. The zero-order valence-corrected chi connectivity index (χ0v) is 20.5. The van der Waals surface area contributed by atoms with Gasteiger partial charge in [0.15, 0.2) is 17.7 Å². The largest absolute Gasteiger partial charge is 0.573 e. The van der Waals surface area contributed by atoms with E-state index in [4.69, 9.17) is 19.9 Å². The zero-order chi connectivity index (χ0) is 27.0. The molecule has 0 aliphatic carbocycles. The van der Waals surface area contributed by atoms with Gasteiger partial charge in [0.25, 0.3) is 0 Å². The lowest BCUT2D eigenvalue weighted by molar-refractivity contribution is -0.274. The van der Waals surface area contributed by atoms with Crippen LogP contribution in [0, 0.1) is 0 Å². The van der Waals surface area contributed by atoms with E-state index in [0.29, 0.717) is 28.5 Å². The fourth-order valence-corrected chi connectivity index (χ4v) is 4.49. The average molecular weight is 525 g/mol. The van der Waals surface area contributed by atoms with Gasteiger partial charge in [0.2, 0.25) is 0 Å². The van der Waals surface area contributed by atoms with Gasteiger partial charge in [-0.05, 0) is 54.6 Å². The van der Waals surface area contributed by atoms with Crippen molar-refractivity contribution in [1.82, 2.24) is 20.2 Å². The molecule has 0 amide bonds. The molecule has 4 rings (SSSR count). The first-order valence-electron chi connectivity index (χ1n) is 11.1. The first kappa shape index (κ1) is 26.4. The molecule has 11 nitrogen and oxygen atoms in total. The number of aliphatic hydroxyl groups excluding tert-OH is 1. The number of fused-ring (bicyclic) bond motifs is 1. The van der Waals surface area contributed by atoms with Gasteiger partial charge in [-0.25, -0.2) is 0 Å². The minimum absolute atomic E-state index is 0.0317. The lowest BCUT2D eigenvalue weighted by Gasteiger charge is -2.49. The Labute approximate surface area is 210 Å². The van der Waals surface area contributed by atoms with Gasteiger partial charge in [0.05, 0.1) is 19.6 Å². The number of nitrogens with two attached hydrogens (primary N) is 1. The first-order valence-corrected chi connectivity index (χ1v) is 11.1. The standard InChI is InChI=1S/C23H27F3N6O5/c1-22(21(34-3)35-4)20(33)19(16-11-13(27)5-10-17(16)37-22)32(12-18-28-30-31(2)29-18)14-6-8-15(9-7-14)36-23(24,25)26/h5-11,19-21,33H,12,27H2,1-4H3/t19-,20+,22-/m1/s1. The molecule has 2 heterocycles. The van der Waals surface area contributed by atoms with Crippen molar-refractivity contribution in [2.75, 3.05) is 24.9 Å². The third-order valence-corrected chi connectivity index (χ3v) is 6.06. The van der Waals surface area contributed by atoms with Crippen LogP contribution in [-0.2, 0) is 23.1 Å². The van der Waals surface area contributed by atoms with E-state index in [1.165, 1.54) is 43.3 Å². The number of anilines is 2. The van der Waals surface area contributed by atoms with Crippen molar-refractivity contribution in [3.8, 4) is 11.5 Å². The number of nitrogen functional groups attached to an aromatic ring is 1. The number of methoxy groups -OCH3 is 2. The molecule has 37 heavy (non-hydrogen) atoms. The molecule has 3 atom stereocenters. The van der Waals surface area contributed by atoms with Crippen molar-refractivity contribution in [3.63, 3.8) is 0 Å². The van der Waals surface area contributed by atoms with Crippen molar-refractivity contribution < 1.29 is 37.2 Å². The first-order chi connectivity index (χ1) is 17.4. The van der Waals surface area contributed by atoms with E-state index in [1.807, 2.05) is 0 Å². The average Bonchev–Trinajstić information content (AvgIpc) is 3.24. The molecular formula is C23H27F3N6O5. The van der Waals surface area contributed by atoms with Crippen LogP contribution >= 0.6 is 0 Å². The summed E-state index contributed by atoms with van der Waals surface area (Å²) in [5.41, 5.74) is 6.08. The third-order valence-electron chi connectivity index (χ3n) is 6.06. The van der Waals surface area contributed by atoms with Gasteiger partial charge in [0.1, 0.15) is 17.6 Å². The highest BCUT2D eigenvalue weighted by atomic mass is 19.4. The van der Waals surface area contributed by atoms with Crippen LogP contribution in [0.1, 0.15) is 24.4 Å². The van der Waals surface area contributed by atoms with Gasteiger partial charge >= 0.3 is 6.36 Å². The molecule has 200 valence electrons. The normalized spacial score (nSPS) is 21.4. The van der Waals surface area contributed by atoms with Crippen LogP contribution in [-0.4, -0.2) is 63.9 Å². The maximum Gasteiger partial charge on any atom is 0.573 e. The van der Waals surface area contributed by atoms with Crippen LogP contribution in [0.5, 0.6) is 11.5 Å². The van der Waals surface area contributed by atoms with E-state index in [2.05, 4.69) is 20.1 Å². The van der Waals surface area contributed by atoms with E-state index in [9.17, 15) is 18.3 Å². The molecule has 0 unspecified atom stereocenters. The highest BCUT2D eigenvalue weighted by Gasteiger charge is 2.54. The predicted molar refractivity (Wildman–Crippen MR) is 125 cm³/mol. The molecule has 0 fully saturated rings. The molecule has 0 radical (unpaired) electrons. The minimum Gasteiger partial charge on any atom is -0.479 e. The van der Waals surface area contributed by atoms with Crippen LogP contribution in [0.3, 0.4) is 0 Å². The Bertz CT molecular complexity index is 1220. The van der Waals surface area contributed by atoms with E-state index in [-0.39, 0.29) is 6.54 Å². The summed E-state index contributed by atoms with van der Waals surface area (Å²) in [4.78, 5) is 3.00. The summed E-state index contributed by atoms with van der Waals surface area (Å²) >= 11 is 0. The molecule has 0 saturated carbocycles. The number of tetrazole rings is 1. The number of hydrogen-bond acceptors (Lipinski definition) is 10. The van der Waals surface area contributed by atoms with Gasteiger partial charge in [-0.15, -0.1) is 23.4 Å². The summed E-state index contributed by atoms with van der Waals surface area (Å²) in [5, 5.41) is 23.9. The Morgan fingerprint density at radius 2 is 1.86 bits per heavy atom. The van der Waals surface area contributed by atoms with Crippen molar-refractivity contribution >= 4 is 11.4 Å². The van der Waals surface area contributed by atoms with Crippen LogP contribution < -0.4 is 20.1 Å². The molecular weight excluding hydrogens is 497 g/mol. The number of benzene rings is 2. The fraction of sp³-hybridized carbons (Fsp3) is 0.435. The van der Waals surface area contributed by atoms with Gasteiger partial charge in [-0.2, -0.15) is 4.80 Å². The number of aliphatic hydroxyl groups is 1. The summed E-state index contributed by atoms with van der Waals surface area (Å²) in [6, 6.07) is 9.37. The highest BCUT2D eigenvalue weighted by molar-refractivity contribution is 5.57. The lowest BCUT2D eigenvalue weighted by atomic mass is 9.83. The second-order valence-corrected chi connectivity index (χ2v) is 8.64. The molecule has 2 aromatic carbocycles. The molecule has 1 aliphatic heterocycles. The number of nitrogens with zero attached hydrogens (tertiary/aromatic N) is 5. The van der Waals surface area contributed by atoms with Crippen LogP contribution in [0.15, 0.2) is 42.5 Å². The summed E-state index contributed by atoms with van der Waals surface area (Å²) in [6.07, 6.45) is -7.10. The van der Waals surface area contributed by atoms with Crippen molar-refractivity contribution in [3.05, 3.63) is 53.9 Å². The summed E-state index contributed by atoms with van der Waals surface area (Å²) in [5.74, 6) is 0.328. The number of aromatic nitrogens is 4. The Morgan fingerprint density at radius 1 is 1.19 bits per heavy atom. The quantitative estimate of drug-likeness (QED) is 0.335. The molecule has 0 spiro atoms. The van der Waals surface area contributed by atoms with E-state index in [1.54, 1.807) is 37.1 Å². The number of hydrogen-bond donors (Lipinski definition) is 2. The maximum atomic E-state index is 12.7. The molecule has 0 bridgehead atoms. The van der Waals surface area contributed by atoms with E-state index >= 15 is 0 Å². The van der Waals surface area contributed by atoms with Gasteiger partial charge in [0, 0.05) is 31.2 Å². The van der Waals surface area contributed by atoms with Crippen molar-refractivity contribution in [1.29, 1.82) is 0 Å². The second-order valence-electron chi connectivity index (χ2n) is 8.64. The predicted octanol–water partition coefficient (Wildman–Crippen LogP) is 2.57. The molecule has 1 aliphatic rings. The number of alkyl halides is 3. The number of halogens is 3. The monoisotopic (exact) mass is 524 g/mol. The summed E-state index contributed by atoms with van der Waals surface area (Å²) in [6.45, 7) is 1.67. The number of ether oxygens (including phenoxy) is 4. The fourth-order valence-electron chi connectivity index (χ4n) is 4.49. The Kier molecular flexibility index (Phi) is 7.17. The topological polar surface area (TPSA) is 130 Å². The molecule has 0 saturated heterocycles.